The van der Waals surface area contributed by atoms with Crippen molar-refractivity contribution in [3.8, 4) is 5.75 Å². The average molecular weight is 495 g/mol. The molecule has 9 heteroatoms. The predicted molar refractivity (Wildman–Crippen MR) is 129 cm³/mol. The molecule has 188 valence electrons. The van der Waals surface area contributed by atoms with E-state index in [4.69, 9.17) is 9.47 Å². The van der Waals surface area contributed by atoms with Gasteiger partial charge in [-0.2, -0.15) is 0 Å². The van der Waals surface area contributed by atoms with Crippen LogP contribution in [0.25, 0.3) is 0 Å². The topological polar surface area (TPSA) is 108 Å². The zero-order valence-electron chi connectivity index (χ0n) is 20.5. The standard InChI is InChI=1S/C27H27FN2O6/c1-15-23(26(32)35-4)24(25-19(29-15)12-27(2,3)13-21(25)31)17-8-9-22(20(11-17)30(33)34)36-14-16-6-5-7-18(28)10-16/h5-11,24,29H,12-14H2,1-4H3. The van der Waals surface area contributed by atoms with Gasteiger partial charge >= 0.3 is 11.7 Å². The molecule has 1 aliphatic heterocycles. The lowest BCUT2D eigenvalue weighted by Crippen LogP contribution is -2.38. The van der Waals surface area contributed by atoms with Crippen molar-refractivity contribution in [2.45, 2.75) is 46.1 Å². The molecule has 4 rings (SSSR count). The molecule has 0 aromatic heterocycles. The highest BCUT2D eigenvalue weighted by atomic mass is 19.1. The van der Waals surface area contributed by atoms with E-state index in [1.807, 2.05) is 13.8 Å². The number of allylic oxidation sites excluding steroid dienone is 3. The second-order valence-corrected chi connectivity index (χ2v) is 9.82. The lowest BCUT2D eigenvalue weighted by atomic mass is 9.68. The number of halogens is 1. The first-order valence-corrected chi connectivity index (χ1v) is 11.5. The molecular weight excluding hydrogens is 467 g/mol. The van der Waals surface area contributed by atoms with Crippen molar-refractivity contribution in [1.82, 2.24) is 5.32 Å². The molecule has 1 unspecified atom stereocenters. The molecule has 1 aliphatic carbocycles. The van der Waals surface area contributed by atoms with Gasteiger partial charge in [-0.1, -0.05) is 32.0 Å². The van der Waals surface area contributed by atoms with Crippen LogP contribution >= 0.6 is 0 Å². The normalized spacial score (nSPS) is 18.9. The zero-order valence-corrected chi connectivity index (χ0v) is 20.5. The van der Waals surface area contributed by atoms with E-state index >= 15 is 0 Å². The van der Waals surface area contributed by atoms with Crippen LogP contribution in [0.5, 0.6) is 5.75 Å². The number of nitro benzene ring substituents is 1. The Hall–Kier alpha value is -4.01. The van der Waals surface area contributed by atoms with Crippen molar-refractivity contribution in [2.24, 2.45) is 5.41 Å². The number of esters is 1. The SMILES string of the molecule is COC(=O)C1=C(C)NC2=C(C(=O)CC(C)(C)C2)C1c1ccc(OCc2cccc(F)c2)c([N+](=O)[O-])c1. The first kappa shape index (κ1) is 25.1. The molecule has 0 radical (unpaired) electrons. The number of dihydropyridines is 1. The molecule has 1 N–H and O–H groups in total. The van der Waals surface area contributed by atoms with Gasteiger partial charge in [0.05, 0.1) is 17.6 Å². The fourth-order valence-corrected chi connectivity index (χ4v) is 4.92. The monoisotopic (exact) mass is 494 g/mol. The summed E-state index contributed by atoms with van der Waals surface area (Å²) in [5.41, 5.74) is 2.22. The summed E-state index contributed by atoms with van der Waals surface area (Å²) in [5.74, 6) is -2.01. The maximum absolute atomic E-state index is 13.5. The zero-order chi connectivity index (χ0) is 26.2. The third kappa shape index (κ3) is 4.86. The largest absolute Gasteiger partial charge is 0.482 e. The average Bonchev–Trinajstić information content (AvgIpc) is 2.80. The highest BCUT2D eigenvalue weighted by molar-refractivity contribution is 6.04. The quantitative estimate of drug-likeness (QED) is 0.339. The number of nitro groups is 1. The van der Waals surface area contributed by atoms with E-state index in [1.54, 1.807) is 19.1 Å². The molecule has 2 aromatic carbocycles. The molecule has 0 saturated heterocycles. The van der Waals surface area contributed by atoms with Crippen LogP contribution in [0.3, 0.4) is 0 Å². The Bertz CT molecular complexity index is 1330. The molecule has 0 spiro atoms. The smallest absolute Gasteiger partial charge is 0.336 e. The number of ketones is 1. The lowest BCUT2D eigenvalue weighted by Gasteiger charge is -2.39. The number of carbonyl (C=O) groups is 2. The molecule has 1 atom stereocenters. The Morgan fingerprint density at radius 2 is 1.97 bits per heavy atom. The lowest BCUT2D eigenvalue weighted by molar-refractivity contribution is -0.386. The van der Waals surface area contributed by atoms with Crippen LogP contribution in [0.1, 0.15) is 50.7 Å². The van der Waals surface area contributed by atoms with Gasteiger partial charge < -0.3 is 14.8 Å². The number of hydrogen-bond acceptors (Lipinski definition) is 7. The van der Waals surface area contributed by atoms with Gasteiger partial charge in [0.25, 0.3) is 0 Å². The summed E-state index contributed by atoms with van der Waals surface area (Å²) in [4.78, 5) is 37.5. The van der Waals surface area contributed by atoms with Gasteiger partial charge in [-0.3, -0.25) is 14.9 Å². The number of benzene rings is 2. The fourth-order valence-electron chi connectivity index (χ4n) is 4.92. The first-order chi connectivity index (χ1) is 17.0. The molecular formula is C27H27FN2O6. The summed E-state index contributed by atoms with van der Waals surface area (Å²) in [6.45, 7) is 5.65. The number of nitrogens with one attached hydrogen (secondary N) is 1. The van der Waals surface area contributed by atoms with Gasteiger partial charge in [0.1, 0.15) is 12.4 Å². The Morgan fingerprint density at radius 3 is 2.64 bits per heavy atom. The minimum Gasteiger partial charge on any atom is -0.482 e. The summed E-state index contributed by atoms with van der Waals surface area (Å²) in [5, 5.41) is 15.2. The molecule has 8 nitrogen and oxygen atoms in total. The van der Waals surface area contributed by atoms with E-state index in [9.17, 15) is 24.1 Å². The number of methoxy groups -OCH3 is 1. The summed E-state index contributed by atoms with van der Waals surface area (Å²) in [6, 6.07) is 10.1. The third-order valence-corrected chi connectivity index (χ3v) is 6.44. The van der Waals surface area contributed by atoms with Crippen molar-refractivity contribution in [3.63, 3.8) is 0 Å². The van der Waals surface area contributed by atoms with E-state index in [2.05, 4.69) is 5.32 Å². The first-order valence-electron chi connectivity index (χ1n) is 11.5. The molecule has 0 amide bonds. The molecule has 1 heterocycles. The van der Waals surface area contributed by atoms with Crippen molar-refractivity contribution in [1.29, 1.82) is 0 Å². The summed E-state index contributed by atoms with van der Waals surface area (Å²) in [6.07, 6.45) is 0.877. The minimum atomic E-state index is -0.826. The van der Waals surface area contributed by atoms with Crippen LogP contribution in [0, 0.1) is 21.3 Å². The maximum atomic E-state index is 13.5. The van der Waals surface area contributed by atoms with Gasteiger partial charge in [-0.25, -0.2) is 9.18 Å². The number of nitrogens with zero attached hydrogens (tertiary/aromatic N) is 1. The minimum absolute atomic E-state index is 0.00688. The van der Waals surface area contributed by atoms with Gasteiger partial charge in [0.15, 0.2) is 11.5 Å². The number of ether oxygens (including phenoxy) is 2. The highest BCUT2D eigenvalue weighted by Crippen LogP contribution is 2.47. The maximum Gasteiger partial charge on any atom is 0.336 e. The van der Waals surface area contributed by atoms with Crippen LogP contribution in [-0.4, -0.2) is 23.8 Å². The Kier molecular flexibility index (Phi) is 6.67. The number of hydrogen-bond donors (Lipinski definition) is 1. The van der Waals surface area contributed by atoms with Gasteiger partial charge in [-0.15, -0.1) is 0 Å². The number of carbonyl (C=O) groups excluding carboxylic acids is 2. The molecule has 0 fully saturated rings. The number of Topliss-reactive ketones (excluding diaryl/α,β-unsaturated/α-hetero) is 1. The van der Waals surface area contributed by atoms with Crippen LogP contribution in [0.2, 0.25) is 0 Å². The van der Waals surface area contributed by atoms with Crippen molar-refractivity contribution >= 4 is 17.4 Å². The summed E-state index contributed by atoms with van der Waals surface area (Å²) < 4.78 is 24.2. The fraction of sp³-hybridized carbons (Fsp3) is 0.333. The Morgan fingerprint density at radius 1 is 1.22 bits per heavy atom. The number of rotatable bonds is 6. The van der Waals surface area contributed by atoms with Crippen LogP contribution in [0.4, 0.5) is 10.1 Å². The van der Waals surface area contributed by atoms with Crippen LogP contribution in [-0.2, 0) is 20.9 Å². The van der Waals surface area contributed by atoms with E-state index in [-0.39, 0.29) is 41.2 Å². The van der Waals surface area contributed by atoms with E-state index in [1.165, 1.54) is 37.4 Å². The molecule has 2 aliphatic rings. The summed E-state index contributed by atoms with van der Waals surface area (Å²) in [7, 11) is 1.25. The van der Waals surface area contributed by atoms with Crippen molar-refractivity contribution < 1.29 is 28.4 Å². The third-order valence-electron chi connectivity index (χ3n) is 6.44. The van der Waals surface area contributed by atoms with Crippen LogP contribution in [0.15, 0.2) is 65.0 Å². The Balaban J connectivity index is 1.78. The van der Waals surface area contributed by atoms with Crippen molar-refractivity contribution in [3.05, 3.63) is 92.1 Å². The van der Waals surface area contributed by atoms with E-state index in [0.717, 1.165) is 0 Å². The van der Waals surface area contributed by atoms with E-state index < -0.39 is 22.6 Å². The molecule has 0 bridgehead atoms. The van der Waals surface area contributed by atoms with Crippen molar-refractivity contribution in [2.75, 3.05) is 7.11 Å². The van der Waals surface area contributed by atoms with Gasteiger partial charge in [-0.05, 0) is 48.1 Å². The molecule has 36 heavy (non-hydrogen) atoms. The Labute approximate surface area is 207 Å². The van der Waals surface area contributed by atoms with E-state index in [0.29, 0.717) is 34.5 Å². The predicted octanol–water partition coefficient (Wildman–Crippen LogP) is 5.09. The highest BCUT2D eigenvalue weighted by Gasteiger charge is 2.43. The second kappa shape index (κ2) is 9.56. The van der Waals surface area contributed by atoms with Crippen LogP contribution < -0.4 is 10.1 Å². The second-order valence-electron chi connectivity index (χ2n) is 9.82. The molecule has 2 aromatic rings. The van der Waals surface area contributed by atoms with Gasteiger partial charge in [0.2, 0.25) is 0 Å². The van der Waals surface area contributed by atoms with Gasteiger partial charge in [0, 0.05) is 35.4 Å². The summed E-state index contributed by atoms with van der Waals surface area (Å²) >= 11 is 0. The molecule has 0 saturated carbocycles.